The fraction of sp³-hybridized carbons (Fsp3) is 0.500. The predicted molar refractivity (Wildman–Crippen MR) is 109 cm³/mol. The largest absolute Gasteiger partial charge is 0.454 e. The van der Waals surface area contributed by atoms with Crippen LogP contribution in [0.25, 0.3) is 10.6 Å². The average Bonchev–Trinajstić information content (AvgIpc) is 3.32. The zero-order valence-electron chi connectivity index (χ0n) is 16.4. The molecule has 1 saturated carbocycles. The topological polar surface area (TPSA) is 102 Å². The Labute approximate surface area is 173 Å². The van der Waals surface area contributed by atoms with Gasteiger partial charge in [-0.1, -0.05) is 38.0 Å². The number of hydrogen-bond donors (Lipinski definition) is 2. The van der Waals surface area contributed by atoms with Gasteiger partial charge in [-0.2, -0.15) is 0 Å². The van der Waals surface area contributed by atoms with Crippen LogP contribution in [0.5, 0.6) is 11.5 Å². The summed E-state index contributed by atoms with van der Waals surface area (Å²) in [4.78, 5) is 25.2. The van der Waals surface area contributed by atoms with Crippen molar-refractivity contribution in [3.05, 3.63) is 18.2 Å². The molecule has 0 saturated heterocycles. The van der Waals surface area contributed by atoms with E-state index in [-0.39, 0.29) is 30.4 Å². The Balaban J connectivity index is 1.44. The van der Waals surface area contributed by atoms with Gasteiger partial charge < -0.3 is 14.8 Å². The third kappa shape index (κ3) is 4.19. The fourth-order valence-corrected chi connectivity index (χ4v) is 3.99. The molecule has 1 aliphatic carbocycles. The van der Waals surface area contributed by atoms with Gasteiger partial charge in [-0.25, -0.2) is 0 Å². The van der Waals surface area contributed by atoms with Gasteiger partial charge in [0.05, 0.1) is 0 Å². The van der Waals surface area contributed by atoms with Crippen molar-refractivity contribution < 1.29 is 19.1 Å². The fourth-order valence-electron chi connectivity index (χ4n) is 3.25. The van der Waals surface area contributed by atoms with Crippen LogP contribution in [-0.4, -0.2) is 34.8 Å². The summed E-state index contributed by atoms with van der Waals surface area (Å²) in [7, 11) is 0. The number of benzene rings is 1. The number of hydrogen-bond acceptors (Lipinski definition) is 7. The summed E-state index contributed by atoms with van der Waals surface area (Å²) in [6.07, 6.45) is 3.65. The van der Waals surface area contributed by atoms with Gasteiger partial charge >= 0.3 is 0 Å². The molecule has 0 bridgehead atoms. The summed E-state index contributed by atoms with van der Waals surface area (Å²) in [6, 6.07) is 4.95. The van der Waals surface area contributed by atoms with Crippen molar-refractivity contribution in [2.45, 2.75) is 45.6 Å². The van der Waals surface area contributed by atoms with E-state index in [9.17, 15) is 9.59 Å². The minimum Gasteiger partial charge on any atom is -0.454 e. The molecule has 2 aliphatic rings. The minimum atomic E-state index is -0.592. The van der Waals surface area contributed by atoms with Crippen LogP contribution in [0, 0.1) is 11.8 Å². The quantitative estimate of drug-likeness (QED) is 0.719. The van der Waals surface area contributed by atoms with Gasteiger partial charge in [-0.15, -0.1) is 10.2 Å². The van der Waals surface area contributed by atoms with Crippen molar-refractivity contribution >= 4 is 28.3 Å². The molecule has 1 aromatic heterocycles. The van der Waals surface area contributed by atoms with E-state index in [0.717, 1.165) is 31.2 Å². The van der Waals surface area contributed by atoms with Crippen molar-refractivity contribution in [1.29, 1.82) is 0 Å². The van der Waals surface area contributed by atoms with E-state index in [1.165, 1.54) is 11.3 Å². The van der Waals surface area contributed by atoms with Gasteiger partial charge in [0.2, 0.25) is 23.7 Å². The van der Waals surface area contributed by atoms with Crippen LogP contribution >= 0.6 is 11.3 Å². The van der Waals surface area contributed by atoms with Gasteiger partial charge in [0, 0.05) is 11.5 Å². The number of anilines is 1. The first kappa shape index (κ1) is 19.6. The third-order valence-corrected chi connectivity index (χ3v) is 6.43. The zero-order chi connectivity index (χ0) is 20.4. The summed E-state index contributed by atoms with van der Waals surface area (Å²) >= 11 is 1.27. The van der Waals surface area contributed by atoms with Crippen LogP contribution in [0.4, 0.5) is 5.13 Å². The number of aromatic nitrogens is 2. The highest BCUT2D eigenvalue weighted by molar-refractivity contribution is 7.18. The monoisotopic (exact) mass is 416 g/mol. The van der Waals surface area contributed by atoms with E-state index in [1.54, 1.807) is 0 Å². The summed E-state index contributed by atoms with van der Waals surface area (Å²) in [5.41, 5.74) is 0.837. The van der Waals surface area contributed by atoms with Crippen molar-refractivity contribution in [3.8, 4) is 22.1 Å². The lowest BCUT2D eigenvalue weighted by atomic mass is 9.84. The maximum Gasteiger partial charge on any atom is 0.249 e. The van der Waals surface area contributed by atoms with Gasteiger partial charge in [-0.05, 0) is 37.0 Å². The lowest BCUT2D eigenvalue weighted by molar-refractivity contribution is -0.132. The predicted octanol–water partition coefficient (Wildman–Crippen LogP) is 3.20. The zero-order valence-corrected chi connectivity index (χ0v) is 17.3. The number of nitrogens with one attached hydrogen (secondary N) is 2. The molecule has 4 rings (SSSR count). The molecule has 1 aromatic carbocycles. The smallest absolute Gasteiger partial charge is 0.249 e. The maximum absolute atomic E-state index is 12.9. The number of carbonyl (C=O) groups is 2. The normalized spacial score (nSPS) is 17.3. The molecule has 1 aliphatic heterocycles. The highest BCUT2D eigenvalue weighted by atomic mass is 32.1. The second-order valence-corrected chi connectivity index (χ2v) is 8.45. The number of carbonyl (C=O) groups excluding carboxylic acids is 2. The van der Waals surface area contributed by atoms with E-state index in [2.05, 4.69) is 20.8 Å². The molecule has 2 atom stereocenters. The summed E-state index contributed by atoms with van der Waals surface area (Å²) in [5.74, 6) is 1.12. The number of rotatable bonds is 7. The molecular weight excluding hydrogens is 392 g/mol. The molecular formula is C20H24N4O4S. The number of amides is 2. The highest BCUT2D eigenvalue weighted by Gasteiger charge is 2.32. The Morgan fingerprint density at radius 2 is 2.03 bits per heavy atom. The van der Waals surface area contributed by atoms with E-state index >= 15 is 0 Å². The van der Waals surface area contributed by atoms with Crippen LogP contribution in [0.15, 0.2) is 18.2 Å². The molecule has 1 fully saturated rings. The average molecular weight is 417 g/mol. The number of ether oxygens (including phenoxy) is 2. The molecule has 2 heterocycles. The molecule has 2 unspecified atom stereocenters. The highest BCUT2D eigenvalue weighted by Crippen LogP contribution is 2.37. The Hall–Kier alpha value is -2.68. The lowest BCUT2D eigenvalue weighted by Gasteiger charge is -2.29. The second kappa shape index (κ2) is 8.36. The molecule has 29 heavy (non-hydrogen) atoms. The first-order valence-corrected chi connectivity index (χ1v) is 10.7. The summed E-state index contributed by atoms with van der Waals surface area (Å²) < 4.78 is 10.7. The molecule has 0 radical (unpaired) electrons. The number of nitrogens with zero attached hydrogens (tertiary/aromatic N) is 2. The molecule has 0 spiro atoms. The molecule has 9 heteroatoms. The van der Waals surface area contributed by atoms with Gasteiger partial charge in [0.15, 0.2) is 11.5 Å². The first-order chi connectivity index (χ1) is 14.0. The molecule has 2 amide bonds. The number of fused-ring (bicyclic) bond motifs is 1. The Morgan fingerprint density at radius 3 is 2.76 bits per heavy atom. The van der Waals surface area contributed by atoms with Gasteiger partial charge in [0.25, 0.3) is 0 Å². The SMILES string of the molecule is CCC(C)C(NC(=O)C1CCC1)C(=O)Nc1nnc(-c2ccc3c(c2)OCO3)s1. The Bertz CT molecular complexity index is 912. The maximum atomic E-state index is 12.9. The van der Waals surface area contributed by atoms with Crippen molar-refractivity contribution in [3.63, 3.8) is 0 Å². The summed E-state index contributed by atoms with van der Waals surface area (Å²) in [6.45, 7) is 4.17. The Kier molecular flexibility index (Phi) is 5.66. The van der Waals surface area contributed by atoms with Gasteiger partial charge in [0.1, 0.15) is 11.0 Å². The van der Waals surface area contributed by atoms with E-state index in [1.807, 2.05) is 32.0 Å². The summed E-state index contributed by atoms with van der Waals surface area (Å²) in [5, 5.41) is 15.1. The van der Waals surface area contributed by atoms with Crippen LogP contribution in [-0.2, 0) is 9.59 Å². The van der Waals surface area contributed by atoms with Crippen LogP contribution in [0.3, 0.4) is 0 Å². The van der Waals surface area contributed by atoms with Crippen LogP contribution in [0.2, 0.25) is 0 Å². The van der Waals surface area contributed by atoms with Crippen molar-refractivity contribution in [1.82, 2.24) is 15.5 Å². The lowest BCUT2D eigenvalue weighted by Crippen LogP contribution is -2.50. The van der Waals surface area contributed by atoms with Crippen molar-refractivity contribution in [2.24, 2.45) is 11.8 Å². The van der Waals surface area contributed by atoms with E-state index < -0.39 is 6.04 Å². The minimum absolute atomic E-state index is 0.0141. The molecule has 8 nitrogen and oxygen atoms in total. The molecule has 154 valence electrons. The molecule has 2 aromatic rings. The first-order valence-electron chi connectivity index (χ1n) is 9.90. The standard InChI is InChI=1S/C20H24N4O4S/c1-3-11(2)16(21-17(25)12-5-4-6-12)18(26)22-20-24-23-19(29-20)13-7-8-14-15(9-13)28-10-27-14/h7-9,11-12,16H,3-6,10H2,1-2H3,(H,21,25)(H,22,24,26). The Morgan fingerprint density at radius 1 is 1.24 bits per heavy atom. The third-order valence-electron chi connectivity index (χ3n) is 5.54. The second-order valence-electron chi connectivity index (χ2n) is 7.47. The molecule has 2 N–H and O–H groups in total. The van der Waals surface area contributed by atoms with Gasteiger partial charge in [-0.3, -0.25) is 14.9 Å². The van der Waals surface area contributed by atoms with Crippen LogP contribution in [0.1, 0.15) is 39.5 Å². The van der Waals surface area contributed by atoms with Crippen LogP contribution < -0.4 is 20.1 Å². The van der Waals surface area contributed by atoms with E-state index in [4.69, 9.17) is 9.47 Å². The van der Waals surface area contributed by atoms with Crippen molar-refractivity contribution in [2.75, 3.05) is 12.1 Å². The van der Waals surface area contributed by atoms with E-state index in [0.29, 0.717) is 21.6 Å².